The summed E-state index contributed by atoms with van der Waals surface area (Å²) in [7, 11) is 0. The van der Waals surface area contributed by atoms with Crippen LogP contribution < -0.4 is 10.5 Å². The molecular weight excluding hydrogens is 396 g/mol. The molecule has 1 fully saturated rings. The molecule has 0 spiro atoms. The van der Waals surface area contributed by atoms with Crippen LogP contribution in [0.25, 0.3) is 22.3 Å². The highest BCUT2D eigenvalue weighted by Crippen LogP contribution is 2.39. The van der Waals surface area contributed by atoms with Crippen molar-refractivity contribution in [1.29, 1.82) is 0 Å². The topological polar surface area (TPSA) is 123 Å². The van der Waals surface area contributed by atoms with Crippen LogP contribution in [0, 0.1) is 12.8 Å². The highest BCUT2D eigenvalue weighted by Gasteiger charge is 2.24. The number of nitrogens with two attached hydrogens (primary N) is 1. The molecule has 2 aromatic carbocycles. The van der Waals surface area contributed by atoms with E-state index in [0.29, 0.717) is 40.8 Å². The van der Waals surface area contributed by atoms with Gasteiger partial charge >= 0.3 is 11.9 Å². The number of carboxylic acid groups (broad SMARTS) is 2. The summed E-state index contributed by atoms with van der Waals surface area (Å²) in [6.07, 6.45) is 3.89. The van der Waals surface area contributed by atoms with E-state index in [1.54, 1.807) is 25.3 Å². The lowest BCUT2D eigenvalue weighted by Crippen LogP contribution is -2.08. The molecular formula is C24H22N2O5. The third kappa shape index (κ3) is 4.35. The number of pyridine rings is 1. The standard InChI is InChI=1S/C24H22N2O5/c1-13-8-18(20(24(29)30)10-17(13)23(27)28)19-9-15(16-5-7-22(25)26-11-16)4-6-21(19)31-12-14-2-3-14/h4-11,14H,2-3,12H2,1H3,(H2,25,26)(H,27,28)(H,29,30). The third-order valence-corrected chi connectivity index (χ3v) is 5.39. The molecule has 1 aliphatic rings. The lowest BCUT2D eigenvalue weighted by molar-refractivity contribution is 0.0695. The summed E-state index contributed by atoms with van der Waals surface area (Å²) in [6.45, 7) is 2.21. The number of anilines is 1. The fraction of sp³-hybridized carbons (Fsp3) is 0.208. The van der Waals surface area contributed by atoms with Crippen molar-refractivity contribution in [3.05, 3.63) is 65.4 Å². The van der Waals surface area contributed by atoms with Gasteiger partial charge in [-0.2, -0.15) is 0 Å². The van der Waals surface area contributed by atoms with Crippen molar-refractivity contribution in [2.45, 2.75) is 19.8 Å². The lowest BCUT2D eigenvalue weighted by Gasteiger charge is -2.17. The number of nitrogens with zero attached hydrogens (tertiary/aromatic N) is 1. The summed E-state index contributed by atoms with van der Waals surface area (Å²) < 4.78 is 6.03. The zero-order valence-electron chi connectivity index (χ0n) is 17.0. The van der Waals surface area contributed by atoms with Crippen molar-refractivity contribution in [1.82, 2.24) is 4.98 Å². The zero-order valence-corrected chi connectivity index (χ0v) is 17.0. The molecule has 1 heterocycles. The Balaban J connectivity index is 1.88. The summed E-state index contributed by atoms with van der Waals surface area (Å²) in [5.74, 6) is -0.891. The largest absolute Gasteiger partial charge is 0.493 e. The second-order valence-electron chi connectivity index (χ2n) is 7.76. The predicted molar refractivity (Wildman–Crippen MR) is 116 cm³/mol. The number of carboxylic acids is 2. The maximum absolute atomic E-state index is 12.0. The molecule has 1 saturated carbocycles. The SMILES string of the molecule is Cc1cc(-c2cc(-c3ccc(N)nc3)ccc2OCC2CC2)c(C(=O)O)cc1C(=O)O. The lowest BCUT2D eigenvalue weighted by atomic mass is 9.91. The monoisotopic (exact) mass is 418 g/mol. The van der Waals surface area contributed by atoms with E-state index in [2.05, 4.69) is 4.98 Å². The van der Waals surface area contributed by atoms with E-state index < -0.39 is 11.9 Å². The molecule has 0 aliphatic heterocycles. The first-order chi connectivity index (χ1) is 14.8. The van der Waals surface area contributed by atoms with E-state index >= 15 is 0 Å². The average Bonchev–Trinajstić information content (AvgIpc) is 3.56. The van der Waals surface area contributed by atoms with Gasteiger partial charge in [-0.25, -0.2) is 14.6 Å². The van der Waals surface area contributed by atoms with Crippen LogP contribution in [0.2, 0.25) is 0 Å². The van der Waals surface area contributed by atoms with Crippen molar-refractivity contribution >= 4 is 17.8 Å². The van der Waals surface area contributed by atoms with Crippen LogP contribution in [-0.2, 0) is 0 Å². The molecule has 7 heteroatoms. The van der Waals surface area contributed by atoms with E-state index in [9.17, 15) is 19.8 Å². The maximum Gasteiger partial charge on any atom is 0.336 e. The van der Waals surface area contributed by atoms with Gasteiger partial charge in [-0.3, -0.25) is 0 Å². The van der Waals surface area contributed by atoms with Gasteiger partial charge in [0.05, 0.1) is 17.7 Å². The fourth-order valence-electron chi connectivity index (χ4n) is 3.45. The number of benzene rings is 2. The minimum Gasteiger partial charge on any atom is -0.493 e. The minimum atomic E-state index is -1.20. The number of aryl methyl sites for hydroxylation is 1. The summed E-state index contributed by atoms with van der Waals surface area (Å²) in [5.41, 5.74) is 8.66. The Bertz CT molecular complexity index is 1170. The van der Waals surface area contributed by atoms with E-state index in [1.807, 2.05) is 24.3 Å². The van der Waals surface area contributed by atoms with Crippen LogP contribution in [0.4, 0.5) is 5.82 Å². The van der Waals surface area contributed by atoms with E-state index in [0.717, 1.165) is 24.0 Å². The van der Waals surface area contributed by atoms with Gasteiger partial charge in [0.2, 0.25) is 0 Å². The second kappa shape index (κ2) is 8.10. The minimum absolute atomic E-state index is 0.0412. The molecule has 0 saturated heterocycles. The number of carbonyl (C=O) groups is 2. The van der Waals surface area contributed by atoms with Gasteiger partial charge in [-0.15, -0.1) is 0 Å². The fourth-order valence-corrected chi connectivity index (χ4v) is 3.45. The van der Waals surface area contributed by atoms with Crippen molar-refractivity contribution in [2.75, 3.05) is 12.3 Å². The normalized spacial score (nSPS) is 13.1. The highest BCUT2D eigenvalue weighted by atomic mass is 16.5. The van der Waals surface area contributed by atoms with Gasteiger partial charge in [-0.05, 0) is 73.2 Å². The Morgan fingerprint density at radius 1 is 1.00 bits per heavy atom. The summed E-state index contributed by atoms with van der Waals surface area (Å²) in [6, 6.07) is 11.9. The number of nitrogen functional groups attached to an aromatic ring is 1. The van der Waals surface area contributed by atoms with Gasteiger partial charge in [-0.1, -0.05) is 6.07 Å². The predicted octanol–water partition coefficient (Wildman–Crippen LogP) is 4.49. The Kier molecular flexibility index (Phi) is 5.33. The van der Waals surface area contributed by atoms with Gasteiger partial charge < -0.3 is 20.7 Å². The van der Waals surface area contributed by atoms with Crippen molar-refractivity contribution in [3.63, 3.8) is 0 Å². The van der Waals surface area contributed by atoms with Crippen LogP contribution in [-0.4, -0.2) is 33.7 Å². The number of aromatic carboxylic acids is 2. The Morgan fingerprint density at radius 3 is 2.32 bits per heavy atom. The van der Waals surface area contributed by atoms with E-state index in [1.165, 1.54) is 6.07 Å². The van der Waals surface area contributed by atoms with Crippen LogP contribution in [0.1, 0.15) is 39.1 Å². The number of hydrogen-bond acceptors (Lipinski definition) is 5. The average molecular weight is 418 g/mol. The Labute approximate surface area is 179 Å². The van der Waals surface area contributed by atoms with Crippen molar-refractivity contribution in [3.8, 4) is 28.0 Å². The first-order valence-corrected chi connectivity index (χ1v) is 9.94. The van der Waals surface area contributed by atoms with Crippen LogP contribution in [0.15, 0.2) is 48.7 Å². The molecule has 3 aromatic rings. The Hall–Kier alpha value is -3.87. The zero-order chi connectivity index (χ0) is 22.1. The molecule has 1 aliphatic carbocycles. The number of hydrogen-bond donors (Lipinski definition) is 3. The first kappa shape index (κ1) is 20.4. The third-order valence-electron chi connectivity index (χ3n) is 5.39. The summed E-state index contributed by atoms with van der Waals surface area (Å²) in [5, 5.41) is 19.2. The quantitative estimate of drug-likeness (QED) is 0.516. The first-order valence-electron chi connectivity index (χ1n) is 9.94. The van der Waals surface area contributed by atoms with Crippen LogP contribution in [0.5, 0.6) is 5.75 Å². The molecule has 31 heavy (non-hydrogen) atoms. The molecule has 4 rings (SSSR count). The molecule has 158 valence electrons. The highest BCUT2D eigenvalue weighted by molar-refractivity contribution is 6.01. The molecule has 4 N–H and O–H groups in total. The van der Waals surface area contributed by atoms with E-state index in [4.69, 9.17) is 10.5 Å². The smallest absolute Gasteiger partial charge is 0.336 e. The number of aromatic nitrogens is 1. The van der Waals surface area contributed by atoms with Crippen molar-refractivity contribution in [2.24, 2.45) is 5.92 Å². The van der Waals surface area contributed by atoms with Gasteiger partial charge in [0, 0.05) is 22.9 Å². The van der Waals surface area contributed by atoms with Crippen molar-refractivity contribution < 1.29 is 24.5 Å². The summed E-state index contributed by atoms with van der Waals surface area (Å²) >= 11 is 0. The molecule has 1 aromatic heterocycles. The number of ether oxygens (including phenoxy) is 1. The van der Waals surface area contributed by atoms with Gasteiger partial charge in [0.25, 0.3) is 0 Å². The molecule has 0 bridgehead atoms. The second-order valence-corrected chi connectivity index (χ2v) is 7.76. The Morgan fingerprint density at radius 2 is 1.71 bits per heavy atom. The van der Waals surface area contributed by atoms with Crippen LogP contribution >= 0.6 is 0 Å². The maximum atomic E-state index is 12.0. The molecule has 7 nitrogen and oxygen atoms in total. The number of rotatable bonds is 7. The molecule has 0 atom stereocenters. The van der Waals surface area contributed by atoms with Crippen LogP contribution in [0.3, 0.4) is 0 Å². The van der Waals surface area contributed by atoms with Gasteiger partial charge in [0.15, 0.2) is 0 Å². The molecule has 0 amide bonds. The molecule has 0 radical (unpaired) electrons. The van der Waals surface area contributed by atoms with Gasteiger partial charge in [0.1, 0.15) is 11.6 Å². The van der Waals surface area contributed by atoms with E-state index in [-0.39, 0.29) is 11.1 Å². The summed E-state index contributed by atoms with van der Waals surface area (Å²) in [4.78, 5) is 27.7. The molecule has 0 unspecified atom stereocenters.